The van der Waals surface area contributed by atoms with E-state index < -0.39 is 22.6 Å². The summed E-state index contributed by atoms with van der Waals surface area (Å²) in [7, 11) is 0. The van der Waals surface area contributed by atoms with E-state index in [0.29, 0.717) is 39.0 Å². The highest BCUT2D eigenvalue weighted by Gasteiger charge is 2.76. The first-order valence-corrected chi connectivity index (χ1v) is 15.5. The second-order valence-corrected chi connectivity index (χ2v) is 13.0. The van der Waals surface area contributed by atoms with E-state index in [0.717, 1.165) is 36.1 Å². The Labute approximate surface area is 243 Å². The third-order valence-corrected chi connectivity index (χ3v) is 11.0. The molecule has 218 valence electrons. The number of amides is 2. The van der Waals surface area contributed by atoms with Crippen LogP contribution in [0.5, 0.6) is 0 Å². The highest BCUT2D eigenvalue weighted by Crippen LogP contribution is 2.69. The van der Waals surface area contributed by atoms with Gasteiger partial charge in [0, 0.05) is 30.6 Å². The average Bonchev–Trinajstić information content (AvgIpc) is 3.51. The molecule has 0 aromatic heterocycles. The molecule has 6 atom stereocenters. The summed E-state index contributed by atoms with van der Waals surface area (Å²) in [6, 6.07) is 5.28. The summed E-state index contributed by atoms with van der Waals surface area (Å²) in [5, 5.41) is 9.25. The van der Waals surface area contributed by atoms with Gasteiger partial charge in [0.05, 0.1) is 23.2 Å². The quantitative estimate of drug-likeness (QED) is 0.197. The van der Waals surface area contributed by atoms with E-state index >= 15 is 0 Å². The summed E-state index contributed by atoms with van der Waals surface area (Å²) < 4.78 is 4.99. The number of unbranched alkanes of at least 4 members (excludes halogenated alkanes) is 3. The van der Waals surface area contributed by atoms with Crippen molar-refractivity contribution >= 4 is 35.2 Å². The number of likely N-dealkylation sites (tertiary alicyclic amines) is 1. The molecule has 40 heavy (non-hydrogen) atoms. The van der Waals surface area contributed by atoms with E-state index in [1.54, 1.807) is 33.7 Å². The molecule has 2 amide bonds. The van der Waals surface area contributed by atoms with Crippen molar-refractivity contribution in [3.63, 3.8) is 0 Å². The lowest BCUT2D eigenvalue weighted by Crippen LogP contribution is -2.57. The summed E-state index contributed by atoms with van der Waals surface area (Å²) >= 11 is 1.67. The first kappa shape index (κ1) is 30.4. The van der Waals surface area contributed by atoms with Crippen LogP contribution in [0.1, 0.15) is 56.6 Å². The van der Waals surface area contributed by atoms with Gasteiger partial charge in [0.15, 0.2) is 0 Å². The number of ether oxygens (including phenoxy) is 1. The van der Waals surface area contributed by atoms with Crippen molar-refractivity contribution in [2.45, 2.75) is 75.3 Å². The maximum atomic E-state index is 14.8. The molecule has 0 radical (unpaired) electrons. The van der Waals surface area contributed by atoms with Crippen molar-refractivity contribution in [2.24, 2.45) is 17.8 Å². The Morgan fingerprint density at radius 3 is 2.55 bits per heavy atom. The van der Waals surface area contributed by atoms with Gasteiger partial charge in [0.1, 0.15) is 6.04 Å². The fourth-order valence-electron chi connectivity index (χ4n) is 7.17. The van der Waals surface area contributed by atoms with Crippen LogP contribution in [0.25, 0.3) is 0 Å². The lowest BCUT2D eigenvalue weighted by molar-refractivity contribution is -0.154. The number of aliphatic hydroxyl groups excluding tert-OH is 1. The van der Waals surface area contributed by atoms with E-state index in [-0.39, 0.29) is 35.6 Å². The normalized spacial score (nSPS) is 28.4. The van der Waals surface area contributed by atoms with Crippen LogP contribution in [-0.4, -0.2) is 70.1 Å². The number of carbonyl (C=O) groups is 3. The molecule has 3 unspecified atom stereocenters. The molecule has 1 spiro atoms. The molecule has 7 nitrogen and oxygen atoms in total. The Morgan fingerprint density at radius 2 is 1.90 bits per heavy atom. The van der Waals surface area contributed by atoms with Crippen LogP contribution in [0.15, 0.2) is 43.5 Å². The molecule has 3 aliphatic rings. The zero-order valence-corrected chi connectivity index (χ0v) is 25.0. The van der Waals surface area contributed by atoms with Crippen LogP contribution in [0.4, 0.5) is 5.69 Å². The van der Waals surface area contributed by atoms with E-state index in [9.17, 15) is 19.5 Å². The number of benzene rings is 1. The van der Waals surface area contributed by atoms with E-state index in [4.69, 9.17) is 4.74 Å². The van der Waals surface area contributed by atoms with Crippen LogP contribution in [0.3, 0.4) is 0 Å². The average molecular weight is 569 g/mol. The van der Waals surface area contributed by atoms with Gasteiger partial charge in [-0.25, -0.2) is 0 Å². The van der Waals surface area contributed by atoms with Gasteiger partial charge in [-0.05, 0) is 69.4 Å². The number of rotatable bonds is 14. The molecule has 1 N–H and O–H groups in total. The Hall–Kier alpha value is -2.58. The van der Waals surface area contributed by atoms with Gasteiger partial charge in [-0.15, -0.1) is 24.9 Å². The number of aliphatic hydroxyl groups is 1. The van der Waals surface area contributed by atoms with Gasteiger partial charge in [-0.2, -0.15) is 0 Å². The number of nitrogens with zero attached hydrogens (tertiary/aromatic N) is 2. The third kappa shape index (κ3) is 5.25. The third-order valence-electron chi connectivity index (χ3n) is 8.89. The zero-order chi connectivity index (χ0) is 29.0. The number of esters is 1. The van der Waals surface area contributed by atoms with Crippen molar-refractivity contribution < 1.29 is 24.2 Å². The number of anilines is 1. The predicted molar refractivity (Wildman–Crippen MR) is 160 cm³/mol. The first-order valence-electron chi connectivity index (χ1n) is 14.6. The van der Waals surface area contributed by atoms with Gasteiger partial charge in [0.2, 0.25) is 5.91 Å². The summed E-state index contributed by atoms with van der Waals surface area (Å²) in [6.45, 7) is 14.9. The number of fused-ring (bicyclic) bond motifs is 1. The predicted octanol–water partition coefficient (Wildman–Crippen LogP) is 4.83. The highest BCUT2D eigenvalue weighted by molar-refractivity contribution is 8.02. The summed E-state index contributed by atoms with van der Waals surface area (Å²) in [5.74, 6) is -1.61. The smallest absolute Gasteiger partial charge is 0.310 e. The molecule has 0 saturated carbocycles. The van der Waals surface area contributed by atoms with Gasteiger partial charge in [-0.3, -0.25) is 14.4 Å². The molecule has 1 aromatic rings. The number of hydrogen-bond donors (Lipinski definition) is 1. The molecular formula is C32H44N2O5S. The molecule has 0 aliphatic carbocycles. The van der Waals surface area contributed by atoms with Gasteiger partial charge < -0.3 is 19.6 Å². The van der Waals surface area contributed by atoms with Gasteiger partial charge in [0.25, 0.3) is 5.91 Å². The minimum atomic E-state index is -0.698. The van der Waals surface area contributed by atoms with Crippen LogP contribution >= 0.6 is 11.8 Å². The summed E-state index contributed by atoms with van der Waals surface area (Å²) in [4.78, 5) is 46.1. The first-order chi connectivity index (χ1) is 19.2. The second-order valence-electron chi connectivity index (χ2n) is 11.4. The van der Waals surface area contributed by atoms with Crippen molar-refractivity contribution in [3.05, 3.63) is 54.6 Å². The number of aryl methyl sites for hydroxylation is 2. The molecule has 1 aromatic carbocycles. The summed E-state index contributed by atoms with van der Waals surface area (Å²) in [6.07, 6.45) is 7.84. The molecule has 3 fully saturated rings. The van der Waals surface area contributed by atoms with Crippen molar-refractivity contribution in [1.29, 1.82) is 0 Å². The van der Waals surface area contributed by atoms with Gasteiger partial charge >= 0.3 is 5.97 Å². The standard InChI is InChI=1S/C32H44N2O5S/c1-6-8-12-19-39-31(38)25-24-20-23(5)32(40-24)26(25)29(36)34(17-10-9-11-18-35)28(32)30(37)33(16-7-2)27-21(3)14-13-15-22(27)4/h6-7,13-15,23-26,28,35H,1-2,8-12,16-20H2,3-5H3/t23?,24-,25+,26+,28?,32?/m1/s1. The maximum absolute atomic E-state index is 14.8. The lowest BCUT2D eigenvalue weighted by Gasteiger charge is -2.41. The number of allylic oxidation sites excluding steroid dienone is 1. The van der Waals surface area contributed by atoms with E-state index in [1.807, 2.05) is 32.0 Å². The summed E-state index contributed by atoms with van der Waals surface area (Å²) in [5.41, 5.74) is 2.82. The van der Waals surface area contributed by atoms with Gasteiger partial charge in [-0.1, -0.05) is 37.3 Å². The van der Waals surface area contributed by atoms with Crippen LogP contribution in [-0.2, 0) is 19.1 Å². The van der Waals surface area contributed by atoms with E-state index in [1.165, 1.54) is 0 Å². The Balaban J connectivity index is 1.74. The number of carbonyl (C=O) groups excluding carboxylic acids is 3. The van der Waals surface area contributed by atoms with Crippen molar-refractivity contribution in [2.75, 3.05) is 31.2 Å². The molecule has 3 heterocycles. The molecular weight excluding hydrogens is 524 g/mol. The van der Waals surface area contributed by atoms with Crippen molar-refractivity contribution in [3.8, 4) is 0 Å². The van der Waals surface area contributed by atoms with Crippen LogP contribution < -0.4 is 4.90 Å². The Morgan fingerprint density at radius 1 is 1.18 bits per heavy atom. The van der Waals surface area contributed by atoms with Crippen LogP contribution in [0.2, 0.25) is 0 Å². The number of para-hydroxylation sites is 1. The molecule has 3 saturated heterocycles. The molecule has 2 bridgehead atoms. The second kappa shape index (κ2) is 12.9. The topological polar surface area (TPSA) is 87.1 Å². The molecule has 8 heteroatoms. The lowest BCUT2D eigenvalue weighted by atomic mass is 9.66. The van der Waals surface area contributed by atoms with E-state index in [2.05, 4.69) is 20.1 Å². The number of hydrogen-bond acceptors (Lipinski definition) is 6. The largest absolute Gasteiger partial charge is 0.465 e. The monoisotopic (exact) mass is 568 g/mol. The van der Waals surface area contributed by atoms with Crippen molar-refractivity contribution in [1.82, 2.24) is 4.90 Å². The zero-order valence-electron chi connectivity index (χ0n) is 24.1. The molecule has 4 rings (SSSR count). The SMILES string of the molecule is C=CCCCOC(=O)[C@@H]1[C@H]2C(=O)N(CCCCCO)C(C(=O)N(CC=C)c3c(C)cccc3C)C23S[C@@H]1CC3C. The fraction of sp³-hybridized carbons (Fsp3) is 0.594. The Bertz CT molecular complexity index is 1120. The highest BCUT2D eigenvalue weighted by atomic mass is 32.2. The minimum Gasteiger partial charge on any atom is -0.465 e. The fourth-order valence-corrected chi connectivity index (χ4v) is 9.58. The maximum Gasteiger partial charge on any atom is 0.310 e. The Kier molecular flexibility index (Phi) is 9.83. The minimum absolute atomic E-state index is 0.0456. The van der Waals surface area contributed by atoms with Crippen LogP contribution in [0, 0.1) is 31.6 Å². The molecule has 3 aliphatic heterocycles. The number of thioether (sulfide) groups is 1.